The summed E-state index contributed by atoms with van der Waals surface area (Å²) < 4.78 is 11.3. The molecule has 1 aliphatic carbocycles. The summed E-state index contributed by atoms with van der Waals surface area (Å²) in [5.74, 6) is 2.14. The molecular formula is C20H22N2O3. The zero-order valence-corrected chi connectivity index (χ0v) is 14.3. The molecule has 3 atom stereocenters. The van der Waals surface area contributed by atoms with Gasteiger partial charge < -0.3 is 14.4 Å². The summed E-state index contributed by atoms with van der Waals surface area (Å²) in [7, 11) is 1.64. The van der Waals surface area contributed by atoms with Crippen molar-refractivity contribution >= 4 is 5.91 Å². The Hall–Kier alpha value is -2.56. The number of nitrogens with zero attached hydrogens (tertiary/aromatic N) is 2. The number of fused-ring (bicyclic) bond motifs is 2. The first kappa shape index (κ1) is 15.9. The third kappa shape index (κ3) is 3.06. The summed E-state index contributed by atoms with van der Waals surface area (Å²) in [6, 6.07) is 11.7. The van der Waals surface area contributed by atoms with Crippen molar-refractivity contribution in [3.63, 3.8) is 0 Å². The largest absolute Gasteiger partial charge is 0.497 e. The average molecular weight is 338 g/mol. The molecule has 1 saturated carbocycles. The molecule has 130 valence electrons. The molecule has 5 nitrogen and oxygen atoms in total. The average Bonchev–Trinajstić information content (AvgIpc) is 3.28. The van der Waals surface area contributed by atoms with Gasteiger partial charge in [0.2, 0.25) is 0 Å². The van der Waals surface area contributed by atoms with Crippen LogP contribution in [0.15, 0.2) is 48.8 Å². The summed E-state index contributed by atoms with van der Waals surface area (Å²) in [6.07, 6.45) is 6.68. The number of ether oxygens (including phenoxy) is 2. The van der Waals surface area contributed by atoms with E-state index in [1.807, 2.05) is 41.3 Å². The van der Waals surface area contributed by atoms with Crippen molar-refractivity contribution in [1.82, 2.24) is 9.88 Å². The fraction of sp³-hybridized carbons (Fsp3) is 0.400. The molecule has 1 saturated heterocycles. The topological polar surface area (TPSA) is 51.7 Å². The summed E-state index contributed by atoms with van der Waals surface area (Å²) in [6.45, 7) is 0.514. The van der Waals surface area contributed by atoms with Gasteiger partial charge in [0, 0.05) is 24.5 Å². The van der Waals surface area contributed by atoms with Crippen molar-refractivity contribution in [2.45, 2.75) is 31.3 Å². The number of pyridine rings is 1. The number of amides is 1. The quantitative estimate of drug-likeness (QED) is 0.840. The van der Waals surface area contributed by atoms with E-state index < -0.39 is 0 Å². The van der Waals surface area contributed by atoms with Gasteiger partial charge in [0.25, 0.3) is 5.91 Å². The lowest BCUT2D eigenvalue weighted by Gasteiger charge is -2.35. The fourth-order valence-electron chi connectivity index (χ4n) is 4.14. The minimum absolute atomic E-state index is 0.0690. The Morgan fingerprint density at radius 2 is 2.12 bits per heavy atom. The summed E-state index contributed by atoms with van der Waals surface area (Å²) >= 11 is 0. The van der Waals surface area contributed by atoms with E-state index in [0.717, 1.165) is 24.3 Å². The first-order chi connectivity index (χ1) is 12.3. The lowest BCUT2D eigenvalue weighted by atomic mass is 9.99. The van der Waals surface area contributed by atoms with Crippen LogP contribution in [0.25, 0.3) is 0 Å². The van der Waals surface area contributed by atoms with E-state index in [4.69, 9.17) is 9.47 Å². The highest BCUT2D eigenvalue weighted by Crippen LogP contribution is 2.43. The predicted octanol–water partition coefficient (Wildman–Crippen LogP) is 3.16. The molecule has 2 fully saturated rings. The molecule has 2 aliphatic rings. The standard InChI is InChI=1S/C20H22N2O3/c1-24-17-5-2-6-18(11-17)25-13-19-14-7-8-16(10-14)22(19)20(23)15-4-3-9-21-12-15/h2-6,9,11-12,14,16,19H,7-8,10,13H2,1H3/t14-,16+,19-/m1/s1. The Morgan fingerprint density at radius 3 is 2.92 bits per heavy atom. The highest BCUT2D eigenvalue weighted by Gasteiger charge is 2.48. The summed E-state index contributed by atoms with van der Waals surface area (Å²) in [5, 5.41) is 0. The van der Waals surface area contributed by atoms with Crippen LogP contribution in [0.4, 0.5) is 0 Å². The maximum absolute atomic E-state index is 13.0. The molecule has 4 rings (SSSR count). The van der Waals surface area contributed by atoms with Gasteiger partial charge in [0.15, 0.2) is 0 Å². The molecule has 1 aliphatic heterocycles. The number of rotatable bonds is 5. The summed E-state index contributed by atoms with van der Waals surface area (Å²) in [5.41, 5.74) is 0.654. The van der Waals surface area contributed by atoms with Gasteiger partial charge in [-0.05, 0) is 49.4 Å². The number of aromatic nitrogens is 1. The fourth-order valence-corrected chi connectivity index (χ4v) is 4.14. The maximum Gasteiger partial charge on any atom is 0.256 e. The van der Waals surface area contributed by atoms with E-state index in [1.54, 1.807) is 19.5 Å². The SMILES string of the molecule is COc1cccc(OC[C@@H]2[C@@H]3CC[C@@H](C3)N2C(=O)c2cccnc2)c1. The lowest BCUT2D eigenvalue weighted by molar-refractivity contribution is 0.0505. The second kappa shape index (κ2) is 6.75. The van der Waals surface area contributed by atoms with E-state index in [1.165, 1.54) is 6.42 Å². The van der Waals surface area contributed by atoms with Gasteiger partial charge in [-0.25, -0.2) is 0 Å². The molecular weight excluding hydrogens is 316 g/mol. The highest BCUT2D eigenvalue weighted by atomic mass is 16.5. The number of carbonyl (C=O) groups is 1. The molecule has 1 amide bonds. The molecule has 2 bridgehead atoms. The van der Waals surface area contributed by atoms with Gasteiger partial charge in [-0.2, -0.15) is 0 Å². The molecule has 1 aromatic carbocycles. The van der Waals surface area contributed by atoms with Gasteiger partial charge in [-0.1, -0.05) is 6.07 Å². The molecule has 5 heteroatoms. The second-order valence-corrected chi connectivity index (χ2v) is 6.74. The van der Waals surface area contributed by atoms with Crippen molar-refractivity contribution in [2.75, 3.05) is 13.7 Å². The van der Waals surface area contributed by atoms with Crippen LogP contribution in [0.2, 0.25) is 0 Å². The highest BCUT2D eigenvalue weighted by molar-refractivity contribution is 5.94. The monoisotopic (exact) mass is 338 g/mol. The van der Waals surface area contributed by atoms with Crippen LogP contribution < -0.4 is 9.47 Å². The first-order valence-corrected chi connectivity index (χ1v) is 8.76. The Balaban J connectivity index is 1.50. The van der Waals surface area contributed by atoms with Gasteiger partial charge >= 0.3 is 0 Å². The predicted molar refractivity (Wildman–Crippen MR) is 93.8 cm³/mol. The number of likely N-dealkylation sites (tertiary alicyclic amines) is 1. The summed E-state index contributed by atoms with van der Waals surface area (Å²) in [4.78, 5) is 19.1. The van der Waals surface area contributed by atoms with E-state index in [2.05, 4.69) is 4.98 Å². The van der Waals surface area contributed by atoms with Crippen molar-refractivity contribution < 1.29 is 14.3 Å². The van der Waals surface area contributed by atoms with Crippen molar-refractivity contribution in [2.24, 2.45) is 5.92 Å². The third-order valence-corrected chi connectivity index (χ3v) is 5.35. The van der Waals surface area contributed by atoms with Crippen LogP contribution in [-0.4, -0.2) is 41.6 Å². The number of methoxy groups -OCH3 is 1. The number of hydrogen-bond donors (Lipinski definition) is 0. The van der Waals surface area contributed by atoms with Crippen molar-refractivity contribution in [3.8, 4) is 11.5 Å². The van der Waals surface area contributed by atoms with Crippen LogP contribution in [0.3, 0.4) is 0 Å². The molecule has 0 spiro atoms. The molecule has 25 heavy (non-hydrogen) atoms. The van der Waals surface area contributed by atoms with Crippen LogP contribution in [0.1, 0.15) is 29.6 Å². The number of carbonyl (C=O) groups excluding carboxylic acids is 1. The lowest BCUT2D eigenvalue weighted by Crippen LogP contribution is -2.47. The van der Waals surface area contributed by atoms with E-state index >= 15 is 0 Å². The number of piperidine rings is 1. The van der Waals surface area contributed by atoms with Crippen LogP contribution in [-0.2, 0) is 0 Å². The molecule has 1 aromatic heterocycles. The molecule has 0 radical (unpaired) electrons. The van der Waals surface area contributed by atoms with Gasteiger partial charge in [-0.3, -0.25) is 9.78 Å². The Labute approximate surface area is 147 Å². The van der Waals surface area contributed by atoms with Gasteiger partial charge in [-0.15, -0.1) is 0 Å². The minimum atomic E-state index is 0.0690. The zero-order chi connectivity index (χ0) is 17.2. The van der Waals surface area contributed by atoms with Crippen molar-refractivity contribution in [1.29, 1.82) is 0 Å². The molecule has 0 N–H and O–H groups in total. The normalized spacial score (nSPS) is 24.4. The minimum Gasteiger partial charge on any atom is -0.497 e. The van der Waals surface area contributed by atoms with Crippen LogP contribution in [0.5, 0.6) is 11.5 Å². The van der Waals surface area contributed by atoms with E-state index in [-0.39, 0.29) is 11.9 Å². The van der Waals surface area contributed by atoms with Crippen LogP contribution >= 0.6 is 0 Å². The van der Waals surface area contributed by atoms with E-state index in [0.29, 0.717) is 24.1 Å². The molecule has 2 aromatic rings. The molecule has 2 heterocycles. The maximum atomic E-state index is 13.0. The zero-order valence-electron chi connectivity index (χ0n) is 14.3. The number of hydrogen-bond acceptors (Lipinski definition) is 4. The van der Waals surface area contributed by atoms with Gasteiger partial charge in [0.05, 0.1) is 18.7 Å². The Bertz CT molecular complexity index is 750. The van der Waals surface area contributed by atoms with Gasteiger partial charge in [0.1, 0.15) is 18.1 Å². The number of benzene rings is 1. The van der Waals surface area contributed by atoms with E-state index in [9.17, 15) is 4.79 Å². The smallest absolute Gasteiger partial charge is 0.256 e. The first-order valence-electron chi connectivity index (χ1n) is 8.76. The Morgan fingerprint density at radius 1 is 1.24 bits per heavy atom. The Kier molecular flexibility index (Phi) is 4.30. The van der Waals surface area contributed by atoms with Crippen molar-refractivity contribution in [3.05, 3.63) is 54.4 Å². The third-order valence-electron chi connectivity index (χ3n) is 5.35. The van der Waals surface area contributed by atoms with Crippen LogP contribution in [0, 0.1) is 5.92 Å². The second-order valence-electron chi connectivity index (χ2n) is 6.74. The molecule has 0 unspecified atom stereocenters.